The maximum Gasteiger partial charge on any atom is 0.118 e. The van der Waals surface area contributed by atoms with Gasteiger partial charge in [0, 0.05) is 16.7 Å². The van der Waals surface area contributed by atoms with E-state index < -0.39 is 0 Å². The summed E-state index contributed by atoms with van der Waals surface area (Å²) in [5, 5.41) is 5.11. The van der Waals surface area contributed by atoms with Gasteiger partial charge in [-0.3, -0.25) is 4.68 Å². The lowest BCUT2D eigenvalue weighted by atomic mass is 9.99. The van der Waals surface area contributed by atoms with Gasteiger partial charge in [0.25, 0.3) is 0 Å². The van der Waals surface area contributed by atoms with E-state index in [4.69, 9.17) is 14.6 Å². The molecule has 0 aliphatic rings. The molecule has 0 amide bonds. The summed E-state index contributed by atoms with van der Waals surface area (Å²) in [4.78, 5) is 0. The molecule has 0 N–H and O–H groups in total. The second-order valence-electron chi connectivity index (χ2n) is 7.57. The minimum Gasteiger partial charge on any atom is -0.497 e. The van der Waals surface area contributed by atoms with Gasteiger partial charge in [-0.25, -0.2) is 0 Å². The number of ether oxygens (including phenoxy) is 2. The molecule has 4 heteroatoms. The molecular formula is C27H28N2O2. The highest BCUT2D eigenvalue weighted by atomic mass is 16.5. The van der Waals surface area contributed by atoms with Crippen LogP contribution in [-0.4, -0.2) is 24.0 Å². The van der Waals surface area contributed by atoms with Crippen LogP contribution < -0.4 is 9.47 Å². The second kappa shape index (κ2) is 9.09. The molecule has 0 bridgehead atoms. The summed E-state index contributed by atoms with van der Waals surface area (Å²) in [6.07, 6.45) is 0.885. The van der Waals surface area contributed by atoms with Gasteiger partial charge < -0.3 is 9.47 Å². The summed E-state index contributed by atoms with van der Waals surface area (Å²) in [6.45, 7) is 5.06. The molecule has 3 aromatic carbocycles. The minimum absolute atomic E-state index is 0.719. The predicted molar refractivity (Wildman–Crippen MR) is 126 cm³/mol. The van der Waals surface area contributed by atoms with Crippen LogP contribution in [0.25, 0.3) is 22.5 Å². The maximum atomic E-state index is 5.37. The van der Waals surface area contributed by atoms with Gasteiger partial charge in [-0.05, 0) is 73.0 Å². The molecule has 0 aliphatic heterocycles. The van der Waals surface area contributed by atoms with E-state index in [0.717, 1.165) is 47.0 Å². The zero-order valence-corrected chi connectivity index (χ0v) is 18.6. The molecule has 0 aliphatic carbocycles. The first-order chi connectivity index (χ1) is 15.1. The normalized spacial score (nSPS) is 10.8. The molecule has 0 saturated carbocycles. The molecule has 1 aromatic heterocycles. The Morgan fingerprint density at radius 2 is 1.35 bits per heavy atom. The highest BCUT2D eigenvalue weighted by molar-refractivity contribution is 5.75. The van der Waals surface area contributed by atoms with Crippen molar-refractivity contribution in [2.24, 2.45) is 0 Å². The first-order valence-corrected chi connectivity index (χ1v) is 10.6. The van der Waals surface area contributed by atoms with Crippen molar-refractivity contribution in [3.63, 3.8) is 0 Å². The number of hydrogen-bond acceptors (Lipinski definition) is 3. The standard InChI is InChI=1S/C27H28N2O2/c1-5-25-26(20-10-14-23(30-3)15-11-20)28-29(18-22-9-7-6-8-19(22)2)27(25)21-12-16-24(31-4)17-13-21/h6-17H,5,18H2,1-4H3. The summed E-state index contributed by atoms with van der Waals surface area (Å²) in [7, 11) is 3.38. The average Bonchev–Trinajstić information content (AvgIpc) is 3.18. The van der Waals surface area contributed by atoms with Crippen molar-refractivity contribution < 1.29 is 9.47 Å². The Bertz CT molecular complexity index is 1160. The van der Waals surface area contributed by atoms with Crippen LogP contribution in [0.15, 0.2) is 72.8 Å². The Labute approximate surface area is 184 Å². The Balaban J connectivity index is 1.88. The van der Waals surface area contributed by atoms with Crippen molar-refractivity contribution in [2.75, 3.05) is 14.2 Å². The predicted octanol–water partition coefficient (Wildman–Crippen LogP) is 6.15. The number of aromatic nitrogens is 2. The van der Waals surface area contributed by atoms with Crippen molar-refractivity contribution in [2.45, 2.75) is 26.8 Å². The third kappa shape index (κ3) is 4.19. The van der Waals surface area contributed by atoms with Gasteiger partial charge in [-0.1, -0.05) is 31.2 Å². The third-order valence-electron chi connectivity index (χ3n) is 5.71. The number of hydrogen-bond donors (Lipinski definition) is 0. The molecule has 31 heavy (non-hydrogen) atoms. The molecule has 4 nitrogen and oxygen atoms in total. The van der Waals surface area contributed by atoms with Crippen LogP contribution in [0.5, 0.6) is 11.5 Å². The Hall–Kier alpha value is -3.53. The van der Waals surface area contributed by atoms with Gasteiger partial charge in [0.1, 0.15) is 11.5 Å². The summed E-state index contributed by atoms with van der Waals surface area (Å²) in [6, 6.07) is 24.9. The minimum atomic E-state index is 0.719. The van der Waals surface area contributed by atoms with E-state index in [0.29, 0.717) is 0 Å². The summed E-state index contributed by atoms with van der Waals surface area (Å²) >= 11 is 0. The molecule has 158 valence electrons. The van der Waals surface area contributed by atoms with Crippen LogP contribution in [0.2, 0.25) is 0 Å². The van der Waals surface area contributed by atoms with Gasteiger partial charge >= 0.3 is 0 Å². The molecule has 1 heterocycles. The fourth-order valence-corrected chi connectivity index (χ4v) is 3.95. The Morgan fingerprint density at radius 3 is 1.90 bits per heavy atom. The molecule has 0 unspecified atom stereocenters. The smallest absolute Gasteiger partial charge is 0.118 e. The molecule has 0 saturated heterocycles. The first kappa shape index (κ1) is 20.7. The average molecular weight is 413 g/mol. The van der Waals surface area contributed by atoms with E-state index >= 15 is 0 Å². The lowest BCUT2D eigenvalue weighted by Gasteiger charge is -2.12. The van der Waals surface area contributed by atoms with Crippen molar-refractivity contribution in [1.29, 1.82) is 0 Å². The van der Waals surface area contributed by atoms with Crippen LogP contribution in [0.1, 0.15) is 23.6 Å². The fraction of sp³-hybridized carbons (Fsp3) is 0.222. The first-order valence-electron chi connectivity index (χ1n) is 10.6. The van der Waals surface area contributed by atoms with Gasteiger partial charge in [0.05, 0.1) is 32.2 Å². The fourth-order valence-electron chi connectivity index (χ4n) is 3.95. The molecule has 4 rings (SSSR count). The molecule has 4 aromatic rings. The van der Waals surface area contributed by atoms with E-state index in [1.54, 1.807) is 14.2 Å². The van der Waals surface area contributed by atoms with Gasteiger partial charge in [-0.2, -0.15) is 5.10 Å². The van der Waals surface area contributed by atoms with E-state index in [1.807, 2.05) is 24.3 Å². The largest absolute Gasteiger partial charge is 0.497 e. The summed E-state index contributed by atoms with van der Waals surface area (Å²) in [5.74, 6) is 1.69. The zero-order chi connectivity index (χ0) is 21.8. The third-order valence-corrected chi connectivity index (χ3v) is 5.71. The van der Waals surface area contributed by atoms with Crippen molar-refractivity contribution in [3.8, 4) is 34.0 Å². The van der Waals surface area contributed by atoms with Gasteiger partial charge in [0.15, 0.2) is 0 Å². The molecule has 0 radical (unpaired) electrons. The van der Waals surface area contributed by atoms with E-state index in [2.05, 4.69) is 67.1 Å². The van der Waals surface area contributed by atoms with E-state index in [1.165, 1.54) is 16.7 Å². The number of methoxy groups -OCH3 is 2. The van der Waals surface area contributed by atoms with Crippen LogP contribution in [0.4, 0.5) is 0 Å². The molecular weight excluding hydrogens is 384 g/mol. The van der Waals surface area contributed by atoms with E-state index in [-0.39, 0.29) is 0 Å². The Morgan fingerprint density at radius 1 is 0.774 bits per heavy atom. The number of rotatable bonds is 7. The highest BCUT2D eigenvalue weighted by Crippen LogP contribution is 2.35. The van der Waals surface area contributed by atoms with Crippen LogP contribution >= 0.6 is 0 Å². The second-order valence-corrected chi connectivity index (χ2v) is 7.57. The number of nitrogens with zero attached hydrogens (tertiary/aromatic N) is 2. The maximum absolute atomic E-state index is 5.37. The topological polar surface area (TPSA) is 36.3 Å². The monoisotopic (exact) mass is 412 g/mol. The lowest BCUT2D eigenvalue weighted by molar-refractivity contribution is 0.414. The number of aryl methyl sites for hydroxylation is 1. The zero-order valence-electron chi connectivity index (χ0n) is 18.6. The van der Waals surface area contributed by atoms with Crippen molar-refractivity contribution in [3.05, 3.63) is 89.5 Å². The molecule has 0 fully saturated rings. The number of benzene rings is 3. The SMILES string of the molecule is CCc1c(-c2ccc(OC)cc2)nn(Cc2ccccc2C)c1-c1ccc(OC)cc1. The molecule has 0 spiro atoms. The van der Waals surface area contributed by atoms with Crippen molar-refractivity contribution >= 4 is 0 Å². The highest BCUT2D eigenvalue weighted by Gasteiger charge is 2.20. The summed E-state index contributed by atoms with van der Waals surface area (Å²) < 4.78 is 12.8. The van der Waals surface area contributed by atoms with Crippen LogP contribution in [0.3, 0.4) is 0 Å². The lowest BCUT2D eigenvalue weighted by Crippen LogP contribution is -2.06. The van der Waals surface area contributed by atoms with Gasteiger partial charge in [0.2, 0.25) is 0 Å². The van der Waals surface area contributed by atoms with E-state index in [9.17, 15) is 0 Å². The summed E-state index contributed by atoms with van der Waals surface area (Å²) in [5.41, 5.74) is 8.17. The quantitative estimate of drug-likeness (QED) is 0.365. The van der Waals surface area contributed by atoms with Gasteiger partial charge in [-0.15, -0.1) is 0 Å². The van der Waals surface area contributed by atoms with Crippen LogP contribution in [0, 0.1) is 6.92 Å². The molecule has 0 atom stereocenters. The van der Waals surface area contributed by atoms with Crippen molar-refractivity contribution in [1.82, 2.24) is 9.78 Å². The Kier molecular flexibility index (Phi) is 6.08. The van der Waals surface area contributed by atoms with Crippen LogP contribution in [-0.2, 0) is 13.0 Å².